The van der Waals surface area contributed by atoms with Crippen molar-refractivity contribution in [1.82, 2.24) is 0 Å². The van der Waals surface area contributed by atoms with Crippen LogP contribution in [0.3, 0.4) is 0 Å². The van der Waals surface area contributed by atoms with E-state index in [4.69, 9.17) is 0 Å². The normalized spacial score (nSPS) is 11.0. The fourth-order valence-corrected chi connectivity index (χ4v) is 7.50. The maximum absolute atomic E-state index is 2.34. The van der Waals surface area contributed by atoms with Crippen LogP contribution in [0.25, 0.3) is 66.4 Å². The third-order valence-corrected chi connectivity index (χ3v) is 10.1. The molecule has 0 saturated heterocycles. The van der Waals surface area contributed by atoms with Crippen molar-refractivity contribution < 1.29 is 0 Å². The van der Waals surface area contributed by atoms with Gasteiger partial charge in [0.2, 0.25) is 0 Å². The molecular formula is C52H37N. The fourth-order valence-electron chi connectivity index (χ4n) is 7.50. The van der Waals surface area contributed by atoms with Gasteiger partial charge in [0.05, 0.1) is 0 Å². The largest absolute Gasteiger partial charge is 0.311 e. The third-order valence-electron chi connectivity index (χ3n) is 10.1. The van der Waals surface area contributed by atoms with Gasteiger partial charge in [-0.2, -0.15) is 0 Å². The Labute approximate surface area is 311 Å². The summed E-state index contributed by atoms with van der Waals surface area (Å²) in [5.74, 6) is 0. The van der Waals surface area contributed by atoms with Crippen LogP contribution in [0, 0.1) is 0 Å². The van der Waals surface area contributed by atoms with Crippen molar-refractivity contribution >= 4 is 27.8 Å². The molecule has 0 aliphatic carbocycles. The molecule has 0 aromatic heterocycles. The SMILES string of the molecule is c1ccc(-c2cc3ccccc3cc2-c2ccc(N(c3ccccc3)c3ccc(-c4ccccc4-c4ccccc4-c4ccccc4)cc3)cc2)cc1. The van der Waals surface area contributed by atoms with E-state index >= 15 is 0 Å². The highest BCUT2D eigenvalue weighted by atomic mass is 15.1. The molecule has 0 N–H and O–H groups in total. The predicted octanol–water partition coefficient (Wildman–Crippen LogP) is 14.6. The van der Waals surface area contributed by atoms with E-state index in [1.807, 2.05) is 0 Å². The number of rotatable bonds is 8. The lowest BCUT2D eigenvalue weighted by Gasteiger charge is -2.26. The first kappa shape index (κ1) is 32.0. The molecule has 0 fully saturated rings. The number of benzene rings is 9. The first-order chi connectivity index (χ1) is 26.3. The van der Waals surface area contributed by atoms with Crippen molar-refractivity contribution in [2.24, 2.45) is 0 Å². The van der Waals surface area contributed by atoms with Crippen molar-refractivity contribution in [1.29, 1.82) is 0 Å². The summed E-state index contributed by atoms with van der Waals surface area (Å²) >= 11 is 0. The first-order valence-electron chi connectivity index (χ1n) is 18.2. The van der Waals surface area contributed by atoms with Gasteiger partial charge in [0.1, 0.15) is 0 Å². The van der Waals surface area contributed by atoms with Gasteiger partial charge in [0.15, 0.2) is 0 Å². The molecule has 9 rings (SSSR count). The monoisotopic (exact) mass is 675 g/mol. The Balaban J connectivity index is 1.09. The van der Waals surface area contributed by atoms with E-state index in [0.717, 1.165) is 17.1 Å². The van der Waals surface area contributed by atoms with E-state index < -0.39 is 0 Å². The zero-order valence-electron chi connectivity index (χ0n) is 29.3. The minimum Gasteiger partial charge on any atom is -0.311 e. The second kappa shape index (κ2) is 14.3. The Morgan fingerprint density at radius 3 is 0.962 bits per heavy atom. The van der Waals surface area contributed by atoms with E-state index in [1.165, 1.54) is 66.4 Å². The smallest absolute Gasteiger partial charge is 0.0462 e. The summed E-state index contributed by atoms with van der Waals surface area (Å²) in [7, 11) is 0. The summed E-state index contributed by atoms with van der Waals surface area (Å²) in [6.45, 7) is 0. The predicted molar refractivity (Wildman–Crippen MR) is 226 cm³/mol. The molecule has 0 radical (unpaired) electrons. The van der Waals surface area contributed by atoms with E-state index in [9.17, 15) is 0 Å². The van der Waals surface area contributed by atoms with Gasteiger partial charge >= 0.3 is 0 Å². The van der Waals surface area contributed by atoms with Gasteiger partial charge in [-0.1, -0.05) is 176 Å². The summed E-state index contributed by atoms with van der Waals surface area (Å²) in [6, 6.07) is 80.7. The molecule has 53 heavy (non-hydrogen) atoms. The van der Waals surface area contributed by atoms with Crippen LogP contribution in [-0.4, -0.2) is 0 Å². The average Bonchev–Trinajstić information content (AvgIpc) is 3.25. The number of hydrogen-bond acceptors (Lipinski definition) is 1. The average molecular weight is 676 g/mol. The maximum Gasteiger partial charge on any atom is 0.0462 e. The van der Waals surface area contributed by atoms with Crippen LogP contribution in [0.2, 0.25) is 0 Å². The van der Waals surface area contributed by atoms with Crippen LogP contribution in [0.15, 0.2) is 224 Å². The Kier molecular flexibility index (Phi) is 8.66. The molecule has 0 saturated carbocycles. The van der Waals surface area contributed by atoms with Gasteiger partial charge in [0, 0.05) is 17.1 Å². The van der Waals surface area contributed by atoms with Gasteiger partial charge in [-0.25, -0.2) is 0 Å². The molecule has 0 bridgehead atoms. The maximum atomic E-state index is 2.34. The van der Waals surface area contributed by atoms with E-state index in [0.29, 0.717) is 0 Å². The summed E-state index contributed by atoms with van der Waals surface area (Å²) in [6.07, 6.45) is 0. The number of fused-ring (bicyclic) bond motifs is 1. The number of anilines is 3. The highest BCUT2D eigenvalue weighted by molar-refractivity contribution is 5.97. The minimum atomic E-state index is 1.10. The topological polar surface area (TPSA) is 3.24 Å². The lowest BCUT2D eigenvalue weighted by molar-refractivity contribution is 1.28. The second-order valence-electron chi connectivity index (χ2n) is 13.3. The van der Waals surface area contributed by atoms with E-state index in [2.05, 4.69) is 229 Å². The zero-order chi connectivity index (χ0) is 35.4. The lowest BCUT2D eigenvalue weighted by atomic mass is 9.89. The molecule has 1 nitrogen and oxygen atoms in total. The van der Waals surface area contributed by atoms with Crippen molar-refractivity contribution in [2.75, 3.05) is 4.90 Å². The number of nitrogens with zero attached hydrogens (tertiary/aromatic N) is 1. The standard InChI is InChI=1S/C52H37N/c1-4-16-38(17-5-1)47-24-12-14-26-49(47)50-27-15-13-25-48(50)40-28-32-45(33-29-40)53(44-22-8-3-9-23-44)46-34-30-41(31-35-46)52-37-43-21-11-10-20-42(43)36-51(52)39-18-6-2-7-19-39/h1-37H. The van der Waals surface area contributed by atoms with Gasteiger partial charge in [-0.15, -0.1) is 0 Å². The van der Waals surface area contributed by atoms with Crippen LogP contribution in [0.5, 0.6) is 0 Å². The van der Waals surface area contributed by atoms with Gasteiger partial charge in [-0.05, 0) is 115 Å². The number of para-hydroxylation sites is 1. The minimum absolute atomic E-state index is 1.10. The van der Waals surface area contributed by atoms with Crippen LogP contribution in [-0.2, 0) is 0 Å². The van der Waals surface area contributed by atoms with Crippen LogP contribution < -0.4 is 4.90 Å². The molecule has 0 aliphatic heterocycles. The van der Waals surface area contributed by atoms with E-state index in [1.54, 1.807) is 0 Å². The van der Waals surface area contributed by atoms with Crippen LogP contribution >= 0.6 is 0 Å². The van der Waals surface area contributed by atoms with Crippen LogP contribution in [0.4, 0.5) is 17.1 Å². The molecule has 250 valence electrons. The van der Waals surface area contributed by atoms with Crippen molar-refractivity contribution in [3.8, 4) is 55.6 Å². The van der Waals surface area contributed by atoms with Gasteiger partial charge in [0.25, 0.3) is 0 Å². The summed E-state index contributed by atoms with van der Waals surface area (Å²) in [4.78, 5) is 2.34. The zero-order valence-corrected chi connectivity index (χ0v) is 29.3. The Bertz CT molecular complexity index is 2630. The molecule has 0 atom stereocenters. The molecule has 0 aliphatic rings. The van der Waals surface area contributed by atoms with Crippen molar-refractivity contribution in [2.45, 2.75) is 0 Å². The van der Waals surface area contributed by atoms with E-state index in [-0.39, 0.29) is 0 Å². The summed E-state index contributed by atoms with van der Waals surface area (Å²) < 4.78 is 0. The van der Waals surface area contributed by atoms with Gasteiger partial charge in [-0.3, -0.25) is 0 Å². The Morgan fingerprint density at radius 2 is 0.509 bits per heavy atom. The quantitative estimate of drug-likeness (QED) is 0.155. The molecule has 0 amide bonds. The highest BCUT2D eigenvalue weighted by Crippen LogP contribution is 2.42. The third kappa shape index (κ3) is 6.42. The summed E-state index contributed by atoms with van der Waals surface area (Å²) in [5.41, 5.74) is 15.5. The van der Waals surface area contributed by atoms with Crippen molar-refractivity contribution in [3.05, 3.63) is 224 Å². The summed E-state index contributed by atoms with van der Waals surface area (Å²) in [5, 5.41) is 2.48. The lowest BCUT2D eigenvalue weighted by Crippen LogP contribution is -2.09. The first-order valence-corrected chi connectivity index (χ1v) is 18.2. The molecule has 9 aromatic rings. The Hall–Kier alpha value is -6.96. The fraction of sp³-hybridized carbons (Fsp3) is 0. The second-order valence-corrected chi connectivity index (χ2v) is 13.3. The molecule has 0 spiro atoms. The van der Waals surface area contributed by atoms with Crippen molar-refractivity contribution in [3.63, 3.8) is 0 Å². The Morgan fingerprint density at radius 1 is 0.208 bits per heavy atom. The molecule has 1 heteroatoms. The highest BCUT2D eigenvalue weighted by Gasteiger charge is 2.16. The molecule has 0 heterocycles. The van der Waals surface area contributed by atoms with Gasteiger partial charge < -0.3 is 4.90 Å². The molecule has 0 unspecified atom stereocenters. The van der Waals surface area contributed by atoms with Crippen LogP contribution in [0.1, 0.15) is 0 Å². The molecule has 9 aromatic carbocycles. The molecular weight excluding hydrogens is 639 g/mol. The number of hydrogen-bond donors (Lipinski definition) is 0.